The minimum Gasteiger partial charge on any atom is -0.349 e. The minimum atomic E-state index is -0.0551. The second-order valence-corrected chi connectivity index (χ2v) is 10.5. The van der Waals surface area contributed by atoms with Crippen LogP contribution in [0.25, 0.3) is 5.69 Å². The van der Waals surface area contributed by atoms with Gasteiger partial charge in [-0.05, 0) is 48.1 Å². The van der Waals surface area contributed by atoms with Crippen molar-refractivity contribution in [2.24, 2.45) is 5.92 Å². The standard InChI is InChI=1S/C30H34N4OS/c1-21(2)19-24-15-17-25(18-16-24)22(3)29-32-33-30(34(29)27-13-9-6-10-14-27)36-20-28(35)31-23(4)26-11-7-5-8-12-26/h5-18,21-23H,19-20H2,1-4H3,(H,31,35)/t22-,23-/m0/s1. The lowest BCUT2D eigenvalue weighted by Crippen LogP contribution is -2.28. The fourth-order valence-corrected chi connectivity index (χ4v) is 5.05. The molecule has 4 rings (SSSR count). The number of thioether (sulfide) groups is 1. The molecule has 0 fully saturated rings. The van der Waals surface area contributed by atoms with Gasteiger partial charge >= 0.3 is 0 Å². The van der Waals surface area contributed by atoms with Crippen molar-refractivity contribution in [3.05, 3.63) is 107 Å². The highest BCUT2D eigenvalue weighted by molar-refractivity contribution is 7.99. The van der Waals surface area contributed by atoms with E-state index in [0.29, 0.717) is 11.1 Å². The maximum atomic E-state index is 12.7. The molecule has 1 amide bonds. The van der Waals surface area contributed by atoms with Crippen molar-refractivity contribution in [2.45, 2.75) is 51.2 Å². The van der Waals surface area contributed by atoms with Crippen LogP contribution in [0.4, 0.5) is 0 Å². The highest BCUT2D eigenvalue weighted by atomic mass is 32.2. The number of para-hydroxylation sites is 1. The number of benzene rings is 3. The van der Waals surface area contributed by atoms with Gasteiger partial charge in [0.2, 0.25) is 5.91 Å². The first-order valence-corrected chi connectivity index (χ1v) is 13.5. The largest absolute Gasteiger partial charge is 0.349 e. The van der Waals surface area contributed by atoms with Crippen molar-refractivity contribution < 1.29 is 4.79 Å². The van der Waals surface area contributed by atoms with E-state index < -0.39 is 0 Å². The lowest BCUT2D eigenvalue weighted by molar-refractivity contribution is -0.119. The summed E-state index contributed by atoms with van der Waals surface area (Å²) in [4.78, 5) is 12.7. The monoisotopic (exact) mass is 498 g/mol. The molecule has 0 saturated carbocycles. The van der Waals surface area contributed by atoms with E-state index in [9.17, 15) is 4.79 Å². The van der Waals surface area contributed by atoms with Gasteiger partial charge in [0.15, 0.2) is 5.16 Å². The third-order valence-corrected chi connectivity index (χ3v) is 7.12. The first-order valence-electron chi connectivity index (χ1n) is 12.5. The minimum absolute atomic E-state index is 0.0331. The predicted molar refractivity (Wildman–Crippen MR) is 148 cm³/mol. The Balaban J connectivity index is 1.53. The molecule has 0 aliphatic heterocycles. The number of hydrogen-bond acceptors (Lipinski definition) is 4. The molecule has 0 bridgehead atoms. The van der Waals surface area contributed by atoms with Gasteiger partial charge in [0.1, 0.15) is 5.82 Å². The van der Waals surface area contributed by atoms with Crippen LogP contribution in [0, 0.1) is 5.92 Å². The number of hydrogen-bond donors (Lipinski definition) is 1. The maximum Gasteiger partial charge on any atom is 0.230 e. The summed E-state index contributed by atoms with van der Waals surface area (Å²) in [5.74, 6) is 1.77. The Morgan fingerprint density at radius 2 is 1.47 bits per heavy atom. The molecule has 5 nitrogen and oxygen atoms in total. The molecule has 0 aliphatic rings. The van der Waals surface area contributed by atoms with Gasteiger partial charge in [-0.3, -0.25) is 9.36 Å². The molecule has 1 heterocycles. The van der Waals surface area contributed by atoms with Crippen LogP contribution in [0.3, 0.4) is 0 Å². The van der Waals surface area contributed by atoms with Crippen LogP contribution in [0.15, 0.2) is 90.1 Å². The van der Waals surface area contributed by atoms with Crippen molar-refractivity contribution in [1.82, 2.24) is 20.1 Å². The normalized spacial score (nSPS) is 12.9. The van der Waals surface area contributed by atoms with Crippen LogP contribution < -0.4 is 5.32 Å². The molecule has 6 heteroatoms. The lowest BCUT2D eigenvalue weighted by Gasteiger charge is -2.16. The fraction of sp³-hybridized carbons (Fsp3) is 0.300. The zero-order valence-electron chi connectivity index (χ0n) is 21.4. The van der Waals surface area contributed by atoms with E-state index in [-0.39, 0.29) is 23.6 Å². The highest BCUT2D eigenvalue weighted by Crippen LogP contribution is 2.30. The number of rotatable bonds is 10. The molecule has 1 aromatic heterocycles. The zero-order valence-corrected chi connectivity index (χ0v) is 22.2. The molecule has 0 saturated heterocycles. The summed E-state index contributed by atoms with van der Waals surface area (Å²) in [5, 5.41) is 12.9. The van der Waals surface area contributed by atoms with Gasteiger partial charge in [-0.25, -0.2) is 0 Å². The Morgan fingerprint density at radius 1 is 0.833 bits per heavy atom. The van der Waals surface area contributed by atoms with Crippen LogP contribution in [0.5, 0.6) is 0 Å². The first kappa shape index (κ1) is 25.7. The van der Waals surface area contributed by atoms with Crippen molar-refractivity contribution >= 4 is 17.7 Å². The van der Waals surface area contributed by atoms with Crippen molar-refractivity contribution in [3.63, 3.8) is 0 Å². The van der Waals surface area contributed by atoms with E-state index in [2.05, 4.69) is 65.1 Å². The molecule has 0 spiro atoms. The van der Waals surface area contributed by atoms with Crippen LogP contribution in [0.1, 0.15) is 62.2 Å². The van der Waals surface area contributed by atoms with E-state index in [1.165, 1.54) is 22.9 Å². The molecule has 2 atom stereocenters. The smallest absolute Gasteiger partial charge is 0.230 e. The van der Waals surface area contributed by atoms with E-state index >= 15 is 0 Å². The van der Waals surface area contributed by atoms with E-state index in [1.54, 1.807) is 0 Å². The Hall–Kier alpha value is -3.38. The van der Waals surface area contributed by atoms with Gasteiger partial charge in [0.05, 0.1) is 11.8 Å². The number of aromatic nitrogens is 3. The predicted octanol–water partition coefficient (Wildman–Crippen LogP) is 6.59. The molecule has 36 heavy (non-hydrogen) atoms. The fourth-order valence-electron chi connectivity index (χ4n) is 4.28. The van der Waals surface area contributed by atoms with E-state index in [4.69, 9.17) is 0 Å². The Bertz CT molecular complexity index is 1250. The van der Waals surface area contributed by atoms with Crippen LogP contribution in [-0.4, -0.2) is 26.4 Å². The van der Waals surface area contributed by atoms with Gasteiger partial charge in [-0.15, -0.1) is 10.2 Å². The molecule has 186 valence electrons. The van der Waals surface area contributed by atoms with Crippen molar-refractivity contribution in [3.8, 4) is 5.69 Å². The Morgan fingerprint density at radius 3 is 2.11 bits per heavy atom. The molecule has 3 aromatic carbocycles. The second-order valence-electron chi connectivity index (χ2n) is 9.56. The second kappa shape index (κ2) is 12.0. The van der Waals surface area contributed by atoms with Crippen molar-refractivity contribution in [1.29, 1.82) is 0 Å². The van der Waals surface area contributed by atoms with Gasteiger partial charge in [0.25, 0.3) is 0 Å². The summed E-state index contributed by atoms with van der Waals surface area (Å²) in [6.45, 7) is 8.63. The third kappa shape index (κ3) is 6.43. The summed E-state index contributed by atoms with van der Waals surface area (Å²) in [6.07, 6.45) is 1.07. The Labute approximate surface area is 218 Å². The number of amides is 1. The number of carbonyl (C=O) groups excluding carboxylic acids is 1. The topological polar surface area (TPSA) is 59.8 Å². The molecule has 0 radical (unpaired) electrons. The summed E-state index contributed by atoms with van der Waals surface area (Å²) >= 11 is 1.41. The van der Waals surface area contributed by atoms with Gasteiger partial charge in [0, 0.05) is 11.6 Å². The summed E-state index contributed by atoms with van der Waals surface area (Å²) < 4.78 is 2.07. The highest BCUT2D eigenvalue weighted by Gasteiger charge is 2.22. The molecule has 0 aliphatic carbocycles. The van der Waals surface area contributed by atoms with E-state index in [0.717, 1.165) is 23.5 Å². The SMILES string of the molecule is CC(C)Cc1ccc([C@H](C)c2nnc(SCC(=O)N[C@@H](C)c3ccccc3)n2-c2ccccc2)cc1. The van der Waals surface area contributed by atoms with Crippen molar-refractivity contribution in [2.75, 3.05) is 5.75 Å². The average molecular weight is 499 g/mol. The Kier molecular flexibility index (Phi) is 8.60. The van der Waals surface area contributed by atoms with E-state index in [1.807, 2.05) is 67.6 Å². The van der Waals surface area contributed by atoms with Crippen LogP contribution in [0.2, 0.25) is 0 Å². The first-order chi connectivity index (χ1) is 17.4. The summed E-state index contributed by atoms with van der Waals surface area (Å²) in [6, 6.07) is 28.8. The van der Waals surface area contributed by atoms with Crippen LogP contribution >= 0.6 is 11.8 Å². The molecule has 1 N–H and O–H groups in total. The molecule has 0 unspecified atom stereocenters. The number of nitrogens with one attached hydrogen (secondary N) is 1. The molecular formula is C30H34N4OS. The molecular weight excluding hydrogens is 464 g/mol. The quantitative estimate of drug-likeness (QED) is 0.251. The maximum absolute atomic E-state index is 12.7. The molecule has 4 aromatic rings. The third-order valence-electron chi connectivity index (χ3n) is 6.19. The summed E-state index contributed by atoms with van der Waals surface area (Å²) in [7, 11) is 0. The lowest BCUT2D eigenvalue weighted by atomic mass is 9.96. The van der Waals surface area contributed by atoms with Gasteiger partial charge in [-0.1, -0.05) is 105 Å². The summed E-state index contributed by atoms with van der Waals surface area (Å²) in [5.41, 5.74) is 4.61. The van der Waals surface area contributed by atoms with Crippen LogP contribution in [-0.2, 0) is 11.2 Å². The average Bonchev–Trinajstić information content (AvgIpc) is 3.32. The number of carbonyl (C=O) groups is 1. The van der Waals surface area contributed by atoms with Gasteiger partial charge in [-0.2, -0.15) is 0 Å². The number of nitrogens with zero attached hydrogens (tertiary/aromatic N) is 3. The van der Waals surface area contributed by atoms with Gasteiger partial charge < -0.3 is 5.32 Å². The zero-order chi connectivity index (χ0) is 25.5.